The highest BCUT2D eigenvalue weighted by Gasteiger charge is 2.07. The summed E-state index contributed by atoms with van der Waals surface area (Å²) in [7, 11) is 1.63. The van der Waals surface area contributed by atoms with Crippen LogP contribution in [0.2, 0.25) is 0 Å². The molecular weight excluding hydrogens is 350 g/mol. The predicted octanol–water partition coefficient (Wildman–Crippen LogP) is 3.98. The molecule has 0 saturated carbocycles. The first-order valence-electron chi connectivity index (χ1n) is 6.37. The molecular formula is C16H16BrNO2S. The molecule has 0 heterocycles. The summed E-state index contributed by atoms with van der Waals surface area (Å²) in [5.41, 5.74) is 8.49. The van der Waals surface area contributed by atoms with Gasteiger partial charge < -0.3 is 15.2 Å². The predicted molar refractivity (Wildman–Crippen MR) is 92.1 cm³/mol. The fourth-order valence-electron chi connectivity index (χ4n) is 1.91. The minimum atomic E-state index is 0.360. The van der Waals surface area contributed by atoms with Gasteiger partial charge in [-0.05, 0) is 48.9 Å². The Labute approximate surface area is 138 Å². The van der Waals surface area contributed by atoms with Crippen LogP contribution in [0.5, 0.6) is 11.5 Å². The lowest BCUT2D eigenvalue weighted by molar-refractivity contribution is 0.296. The van der Waals surface area contributed by atoms with Gasteiger partial charge in [-0.2, -0.15) is 0 Å². The summed E-state index contributed by atoms with van der Waals surface area (Å²) in [5.74, 6) is 1.56. The number of hydrogen-bond acceptors (Lipinski definition) is 3. The second-order valence-electron chi connectivity index (χ2n) is 4.59. The molecule has 0 aliphatic carbocycles. The van der Waals surface area contributed by atoms with E-state index in [1.807, 2.05) is 43.3 Å². The van der Waals surface area contributed by atoms with E-state index in [1.54, 1.807) is 7.11 Å². The van der Waals surface area contributed by atoms with Crippen LogP contribution in [0.25, 0.3) is 0 Å². The molecule has 0 atom stereocenters. The molecule has 2 aromatic carbocycles. The second-order valence-corrected chi connectivity index (χ2v) is 5.88. The van der Waals surface area contributed by atoms with Gasteiger partial charge >= 0.3 is 0 Å². The van der Waals surface area contributed by atoms with Crippen molar-refractivity contribution in [3.63, 3.8) is 0 Å². The molecule has 0 bridgehead atoms. The minimum absolute atomic E-state index is 0.360. The molecule has 0 aromatic heterocycles. The maximum atomic E-state index is 5.82. The van der Waals surface area contributed by atoms with E-state index >= 15 is 0 Å². The number of methoxy groups -OCH3 is 1. The third-order valence-corrected chi connectivity index (χ3v) is 4.21. The van der Waals surface area contributed by atoms with Gasteiger partial charge in [0.1, 0.15) is 23.1 Å². The molecule has 110 valence electrons. The summed E-state index contributed by atoms with van der Waals surface area (Å²) in [5, 5.41) is 0. The van der Waals surface area contributed by atoms with Gasteiger partial charge in [-0.1, -0.05) is 28.1 Å². The Kier molecular flexibility index (Phi) is 5.20. The van der Waals surface area contributed by atoms with Crippen LogP contribution >= 0.6 is 28.1 Å². The van der Waals surface area contributed by atoms with Crippen molar-refractivity contribution >= 4 is 33.1 Å². The standard InChI is InChI=1S/C16H16BrNO2S/c1-10-7-13(4-5-14(10)17)20-9-12-8-11(16(18)21)3-6-15(12)19-2/h3-8H,9H2,1-2H3,(H2,18,21). The maximum Gasteiger partial charge on any atom is 0.125 e. The zero-order valence-corrected chi connectivity index (χ0v) is 14.3. The fraction of sp³-hybridized carbons (Fsp3) is 0.188. The molecule has 21 heavy (non-hydrogen) atoms. The van der Waals surface area contributed by atoms with Gasteiger partial charge in [0, 0.05) is 15.6 Å². The van der Waals surface area contributed by atoms with Crippen molar-refractivity contribution in [2.45, 2.75) is 13.5 Å². The number of thiocarbonyl (C=S) groups is 1. The Morgan fingerprint density at radius 1 is 1.24 bits per heavy atom. The summed E-state index contributed by atoms with van der Waals surface area (Å²) in [6.45, 7) is 2.41. The smallest absolute Gasteiger partial charge is 0.125 e. The summed E-state index contributed by atoms with van der Waals surface area (Å²) in [6, 6.07) is 11.4. The number of nitrogens with two attached hydrogens (primary N) is 1. The average molecular weight is 366 g/mol. The van der Waals surface area contributed by atoms with Gasteiger partial charge in [-0.15, -0.1) is 0 Å². The average Bonchev–Trinajstić information content (AvgIpc) is 2.48. The van der Waals surface area contributed by atoms with Crippen molar-refractivity contribution in [3.05, 3.63) is 57.6 Å². The zero-order chi connectivity index (χ0) is 15.4. The molecule has 0 aliphatic rings. The Hall–Kier alpha value is -1.59. The second kappa shape index (κ2) is 6.91. The molecule has 0 radical (unpaired) electrons. The van der Waals surface area contributed by atoms with E-state index in [0.717, 1.165) is 32.7 Å². The Balaban J connectivity index is 2.19. The van der Waals surface area contributed by atoms with Crippen molar-refractivity contribution < 1.29 is 9.47 Å². The molecule has 3 nitrogen and oxygen atoms in total. The molecule has 0 spiro atoms. The highest BCUT2D eigenvalue weighted by atomic mass is 79.9. The minimum Gasteiger partial charge on any atom is -0.496 e. The van der Waals surface area contributed by atoms with Gasteiger partial charge in [0.2, 0.25) is 0 Å². The maximum absolute atomic E-state index is 5.82. The summed E-state index contributed by atoms with van der Waals surface area (Å²) in [4.78, 5) is 0.360. The number of halogens is 1. The summed E-state index contributed by atoms with van der Waals surface area (Å²) < 4.78 is 12.2. The largest absolute Gasteiger partial charge is 0.496 e. The quantitative estimate of drug-likeness (QED) is 0.813. The molecule has 5 heteroatoms. The number of ether oxygens (including phenoxy) is 2. The van der Waals surface area contributed by atoms with Crippen molar-refractivity contribution in [2.24, 2.45) is 5.73 Å². The van der Waals surface area contributed by atoms with Crippen LogP contribution in [-0.4, -0.2) is 12.1 Å². The molecule has 0 amide bonds. The van der Waals surface area contributed by atoms with E-state index in [2.05, 4.69) is 15.9 Å². The highest BCUT2D eigenvalue weighted by molar-refractivity contribution is 9.10. The summed E-state index contributed by atoms with van der Waals surface area (Å²) >= 11 is 8.47. The van der Waals surface area contributed by atoms with Crippen LogP contribution < -0.4 is 15.2 Å². The first-order chi connectivity index (χ1) is 10.0. The van der Waals surface area contributed by atoms with E-state index in [-0.39, 0.29) is 0 Å². The third kappa shape index (κ3) is 3.95. The lowest BCUT2D eigenvalue weighted by Crippen LogP contribution is -2.10. The van der Waals surface area contributed by atoms with E-state index in [9.17, 15) is 0 Å². The van der Waals surface area contributed by atoms with Gasteiger partial charge in [0.25, 0.3) is 0 Å². The third-order valence-electron chi connectivity index (χ3n) is 3.09. The van der Waals surface area contributed by atoms with Crippen LogP contribution in [0.4, 0.5) is 0 Å². The molecule has 0 aliphatic heterocycles. The molecule has 0 saturated heterocycles. The zero-order valence-electron chi connectivity index (χ0n) is 11.9. The van der Waals surface area contributed by atoms with Crippen LogP contribution in [0.15, 0.2) is 40.9 Å². The van der Waals surface area contributed by atoms with Crippen LogP contribution in [-0.2, 0) is 6.61 Å². The number of aryl methyl sites for hydroxylation is 1. The lowest BCUT2D eigenvalue weighted by Gasteiger charge is -2.12. The van der Waals surface area contributed by atoms with Gasteiger partial charge in [-0.25, -0.2) is 0 Å². The van der Waals surface area contributed by atoms with Crippen molar-refractivity contribution in [1.29, 1.82) is 0 Å². The normalized spacial score (nSPS) is 10.2. The van der Waals surface area contributed by atoms with Gasteiger partial charge in [0.15, 0.2) is 0 Å². The Morgan fingerprint density at radius 3 is 2.62 bits per heavy atom. The number of benzene rings is 2. The SMILES string of the molecule is COc1ccc(C(N)=S)cc1COc1ccc(Br)c(C)c1. The fourth-order valence-corrected chi connectivity index (χ4v) is 2.29. The van der Waals surface area contributed by atoms with Crippen LogP contribution in [0.1, 0.15) is 16.7 Å². The van der Waals surface area contributed by atoms with Gasteiger partial charge in [-0.3, -0.25) is 0 Å². The van der Waals surface area contributed by atoms with Crippen molar-refractivity contribution in [3.8, 4) is 11.5 Å². The Morgan fingerprint density at radius 2 is 2.00 bits per heavy atom. The van der Waals surface area contributed by atoms with Crippen LogP contribution in [0.3, 0.4) is 0 Å². The monoisotopic (exact) mass is 365 g/mol. The lowest BCUT2D eigenvalue weighted by atomic mass is 10.1. The van der Waals surface area contributed by atoms with E-state index in [0.29, 0.717) is 11.6 Å². The molecule has 2 aromatic rings. The van der Waals surface area contributed by atoms with E-state index in [4.69, 9.17) is 27.4 Å². The van der Waals surface area contributed by atoms with E-state index < -0.39 is 0 Å². The Bertz CT molecular complexity index is 673. The number of rotatable bonds is 5. The van der Waals surface area contributed by atoms with Gasteiger partial charge in [0.05, 0.1) is 7.11 Å². The van der Waals surface area contributed by atoms with Crippen molar-refractivity contribution in [1.82, 2.24) is 0 Å². The first kappa shape index (κ1) is 15.8. The molecule has 0 fully saturated rings. The number of hydrogen-bond donors (Lipinski definition) is 1. The first-order valence-corrected chi connectivity index (χ1v) is 7.57. The highest BCUT2D eigenvalue weighted by Crippen LogP contribution is 2.25. The molecule has 2 rings (SSSR count). The topological polar surface area (TPSA) is 44.5 Å². The molecule has 0 unspecified atom stereocenters. The van der Waals surface area contributed by atoms with Crippen molar-refractivity contribution in [2.75, 3.05) is 7.11 Å². The summed E-state index contributed by atoms with van der Waals surface area (Å²) in [6.07, 6.45) is 0. The van der Waals surface area contributed by atoms with Crippen LogP contribution in [0, 0.1) is 6.92 Å². The molecule has 2 N–H and O–H groups in total. The van der Waals surface area contributed by atoms with E-state index in [1.165, 1.54) is 0 Å².